The number of hydrogen-bond acceptors (Lipinski definition) is 3. The average molecular weight is 298 g/mol. The third kappa shape index (κ3) is 4.70. The van der Waals surface area contributed by atoms with E-state index in [-0.39, 0.29) is 23.8 Å². The van der Waals surface area contributed by atoms with Gasteiger partial charge in [0.05, 0.1) is 11.3 Å². The third-order valence-corrected chi connectivity index (χ3v) is 4.46. The van der Waals surface area contributed by atoms with Gasteiger partial charge >= 0.3 is 5.97 Å². The first kappa shape index (κ1) is 18.0. The summed E-state index contributed by atoms with van der Waals surface area (Å²) in [5, 5.41) is 15.5. The predicted octanol–water partition coefficient (Wildman–Crippen LogP) is 1.88. The minimum absolute atomic E-state index is 0.0114. The minimum Gasteiger partial charge on any atom is -0.481 e. The Bertz CT molecular complexity index is 379. The molecule has 1 rings (SSSR count). The Kier molecular flexibility index (Phi) is 5.79. The van der Waals surface area contributed by atoms with Crippen LogP contribution in [0, 0.1) is 22.7 Å². The van der Waals surface area contributed by atoms with Crippen LogP contribution < -0.4 is 10.6 Å². The van der Waals surface area contributed by atoms with E-state index in [1.165, 1.54) is 0 Å². The number of amides is 1. The lowest BCUT2D eigenvalue weighted by Gasteiger charge is -2.32. The summed E-state index contributed by atoms with van der Waals surface area (Å²) in [7, 11) is 0. The highest BCUT2D eigenvalue weighted by atomic mass is 16.4. The highest BCUT2D eigenvalue weighted by Crippen LogP contribution is 2.34. The van der Waals surface area contributed by atoms with Gasteiger partial charge in [-0.15, -0.1) is 0 Å². The summed E-state index contributed by atoms with van der Waals surface area (Å²) in [6.07, 6.45) is 1.36. The number of carboxylic acids is 1. The second kappa shape index (κ2) is 6.77. The summed E-state index contributed by atoms with van der Waals surface area (Å²) in [6, 6.07) is 0. The van der Waals surface area contributed by atoms with Crippen LogP contribution in [0.1, 0.15) is 47.5 Å². The second-order valence-corrected chi connectivity index (χ2v) is 7.75. The summed E-state index contributed by atoms with van der Waals surface area (Å²) in [6.45, 7) is 11.9. The molecule has 3 N–H and O–H groups in total. The van der Waals surface area contributed by atoms with Gasteiger partial charge in [-0.1, -0.05) is 34.6 Å². The zero-order valence-electron chi connectivity index (χ0n) is 14.0. The molecular weight excluding hydrogens is 268 g/mol. The molecule has 0 spiro atoms. The number of carbonyl (C=O) groups excluding carboxylic acids is 1. The van der Waals surface area contributed by atoms with Gasteiger partial charge in [-0.3, -0.25) is 9.59 Å². The molecule has 0 aromatic heterocycles. The fourth-order valence-corrected chi connectivity index (χ4v) is 3.04. The van der Waals surface area contributed by atoms with Crippen molar-refractivity contribution in [1.29, 1.82) is 0 Å². The van der Waals surface area contributed by atoms with Crippen LogP contribution in [0.3, 0.4) is 0 Å². The lowest BCUT2D eigenvalue weighted by molar-refractivity contribution is -0.143. The molecule has 1 amide bonds. The molecule has 2 unspecified atom stereocenters. The van der Waals surface area contributed by atoms with Crippen LogP contribution >= 0.6 is 0 Å². The van der Waals surface area contributed by atoms with E-state index in [1.54, 1.807) is 0 Å². The molecule has 1 aliphatic heterocycles. The smallest absolute Gasteiger partial charge is 0.308 e. The minimum atomic E-state index is -0.839. The summed E-state index contributed by atoms with van der Waals surface area (Å²) < 4.78 is 0. The Labute approximate surface area is 127 Å². The van der Waals surface area contributed by atoms with Crippen LogP contribution in [0.2, 0.25) is 0 Å². The first-order valence-electron chi connectivity index (χ1n) is 7.80. The first-order valence-corrected chi connectivity index (χ1v) is 7.80. The van der Waals surface area contributed by atoms with Gasteiger partial charge in [0.2, 0.25) is 5.91 Å². The van der Waals surface area contributed by atoms with Crippen molar-refractivity contribution in [2.45, 2.75) is 47.5 Å². The number of nitrogens with one attached hydrogen (secondary N) is 2. The van der Waals surface area contributed by atoms with E-state index in [4.69, 9.17) is 0 Å². The van der Waals surface area contributed by atoms with Crippen molar-refractivity contribution in [2.75, 3.05) is 19.6 Å². The van der Waals surface area contributed by atoms with Crippen LogP contribution in [0.25, 0.3) is 0 Å². The van der Waals surface area contributed by atoms with Gasteiger partial charge in [0.15, 0.2) is 0 Å². The molecule has 0 aromatic carbocycles. The van der Waals surface area contributed by atoms with Gasteiger partial charge in [0, 0.05) is 13.1 Å². The zero-order valence-corrected chi connectivity index (χ0v) is 14.0. The van der Waals surface area contributed by atoms with Crippen LogP contribution in [-0.4, -0.2) is 36.6 Å². The van der Waals surface area contributed by atoms with Gasteiger partial charge in [-0.2, -0.15) is 0 Å². The monoisotopic (exact) mass is 298 g/mol. The van der Waals surface area contributed by atoms with E-state index in [1.807, 2.05) is 20.8 Å². The molecular formula is C16H30N2O3. The van der Waals surface area contributed by atoms with Crippen molar-refractivity contribution in [3.63, 3.8) is 0 Å². The van der Waals surface area contributed by atoms with Gasteiger partial charge < -0.3 is 15.7 Å². The van der Waals surface area contributed by atoms with Crippen molar-refractivity contribution in [3.05, 3.63) is 0 Å². The summed E-state index contributed by atoms with van der Waals surface area (Å²) in [5.74, 6) is -1.15. The predicted molar refractivity (Wildman–Crippen MR) is 83.0 cm³/mol. The van der Waals surface area contributed by atoms with Crippen molar-refractivity contribution >= 4 is 11.9 Å². The van der Waals surface area contributed by atoms with Gasteiger partial charge in [-0.25, -0.2) is 0 Å². The van der Waals surface area contributed by atoms with Crippen molar-refractivity contribution in [2.24, 2.45) is 22.7 Å². The standard InChI is InChI=1S/C16H30N2O3/c1-11(2)16(6-7-17-10-16)14(21)18-9-12(13(19)20)8-15(3,4)5/h11-12,17H,6-10H2,1-5H3,(H,18,21)(H,19,20). The number of aliphatic carboxylic acids is 1. The average Bonchev–Trinajstić information content (AvgIpc) is 2.82. The Morgan fingerprint density at radius 3 is 2.33 bits per heavy atom. The highest BCUT2D eigenvalue weighted by Gasteiger charge is 2.44. The van der Waals surface area contributed by atoms with E-state index in [2.05, 4.69) is 24.5 Å². The second-order valence-electron chi connectivity index (χ2n) is 7.75. The highest BCUT2D eigenvalue weighted by molar-refractivity contribution is 5.84. The van der Waals surface area contributed by atoms with E-state index >= 15 is 0 Å². The summed E-state index contributed by atoms with van der Waals surface area (Å²) in [5.41, 5.74) is -0.469. The fraction of sp³-hybridized carbons (Fsp3) is 0.875. The fourth-order valence-electron chi connectivity index (χ4n) is 3.04. The van der Waals surface area contributed by atoms with E-state index < -0.39 is 17.3 Å². The van der Waals surface area contributed by atoms with Crippen LogP contribution in [0.5, 0.6) is 0 Å². The zero-order chi connectivity index (χ0) is 16.3. The summed E-state index contributed by atoms with van der Waals surface area (Å²) in [4.78, 5) is 23.9. The van der Waals surface area contributed by atoms with Gasteiger partial charge in [0.25, 0.3) is 0 Å². The normalized spacial score (nSPS) is 24.1. The molecule has 0 saturated carbocycles. The van der Waals surface area contributed by atoms with Crippen LogP contribution in [-0.2, 0) is 9.59 Å². The van der Waals surface area contributed by atoms with E-state index in [0.29, 0.717) is 13.0 Å². The molecule has 5 heteroatoms. The Morgan fingerprint density at radius 2 is 1.95 bits per heavy atom. The topological polar surface area (TPSA) is 78.4 Å². The maximum absolute atomic E-state index is 12.6. The molecule has 21 heavy (non-hydrogen) atoms. The molecule has 122 valence electrons. The molecule has 5 nitrogen and oxygen atoms in total. The number of hydrogen-bond donors (Lipinski definition) is 3. The van der Waals surface area contributed by atoms with Crippen molar-refractivity contribution in [3.8, 4) is 0 Å². The van der Waals surface area contributed by atoms with Crippen molar-refractivity contribution < 1.29 is 14.7 Å². The lowest BCUT2D eigenvalue weighted by Crippen LogP contribution is -2.48. The molecule has 0 aliphatic carbocycles. The maximum atomic E-state index is 12.6. The SMILES string of the molecule is CC(C)C1(C(=O)NCC(CC(C)(C)C)C(=O)O)CCNC1. The summed E-state index contributed by atoms with van der Waals surface area (Å²) >= 11 is 0. The van der Waals surface area contributed by atoms with Gasteiger partial charge in [0.1, 0.15) is 0 Å². The van der Waals surface area contributed by atoms with Crippen molar-refractivity contribution in [1.82, 2.24) is 10.6 Å². The third-order valence-electron chi connectivity index (χ3n) is 4.46. The molecule has 0 bridgehead atoms. The Balaban J connectivity index is 2.67. The van der Waals surface area contributed by atoms with E-state index in [0.717, 1.165) is 13.0 Å². The number of carboxylic acid groups (broad SMARTS) is 1. The Hall–Kier alpha value is -1.10. The largest absolute Gasteiger partial charge is 0.481 e. The molecule has 1 fully saturated rings. The van der Waals surface area contributed by atoms with Crippen LogP contribution in [0.4, 0.5) is 0 Å². The molecule has 2 atom stereocenters. The number of carbonyl (C=O) groups is 2. The molecule has 1 heterocycles. The van der Waals surface area contributed by atoms with Gasteiger partial charge in [-0.05, 0) is 30.7 Å². The van der Waals surface area contributed by atoms with E-state index in [9.17, 15) is 14.7 Å². The molecule has 0 aromatic rings. The number of rotatable bonds is 6. The lowest BCUT2D eigenvalue weighted by atomic mass is 9.75. The molecule has 1 saturated heterocycles. The first-order chi connectivity index (χ1) is 9.58. The Morgan fingerprint density at radius 1 is 1.33 bits per heavy atom. The maximum Gasteiger partial charge on any atom is 0.308 e. The quantitative estimate of drug-likeness (QED) is 0.699. The molecule has 1 aliphatic rings. The molecule has 0 radical (unpaired) electrons. The van der Waals surface area contributed by atoms with Crippen LogP contribution in [0.15, 0.2) is 0 Å².